The molecule has 0 radical (unpaired) electrons. The molecular weight excluding hydrogens is 254 g/mol. The number of ether oxygens (including phenoxy) is 1. The van der Waals surface area contributed by atoms with E-state index in [-0.39, 0.29) is 18.3 Å². The maximum absolute atomic E-state index is 12.0. The summed E-state index contributed by atoms with van der Waals surface area (Å²) in [4.78, 5) is 25.6. The van der Waals surface area contributed by atoms with E-state index in [4.69, 9.17) is 4.74 Å². The van der Waals surface area contributed by atoms with Crippen LogP contribution < -0.4 is 4.74 Å². The lowest BCUT2D eigenvalue weighted by molar-refractivity contribution is -0.132. The molecule has 4 heteroatoms. The third-order valence-corrected chi connectivity index (χ3v) is 4.10. The number of nitrogens with zero attached hydrogens (tertiary/aromatic N) is 1. The van der Waals surface area contributed by atoms with Gasteiger partial charge in [-0.2, -0.15) is 0 Å². The van der Waals surface area contributed by atoms with Crippen molar-refractivity contribution in [2.24, 2.45) is 0 Å². The number of hydrogen-bond acceptors (Lipinski definition) is 3. The largest absolute Gasteiger partial charge is 0.483 e. The van der Waals surface area contributed by atoms with Crippen LogP contribution in [-0.4, -0.2) is 36.3 Å². The molecule has 20 heavy (non-hydrogen) atoms. The van der Waals surface area contributed by atoms with Crippen molar-refractivity contribution in [1.82, 2.24) is 4.90 Å². The second-order valence-corrected chi connectivity index (χ2v) is 5.58. The molecule has 2 aliphatic rings. The fraction of sp³-hybridized carbons (Fsp3) is 0.500. The molecule has 0 heterocycles. The molecule has 1 fully saturated rings. The van der Waals surface area contributed by atoms with Crippen LogP contribution in [0.5, 0.6) is 5.75 Å². The first-order valence-corrected chi connectivity index (χ1v) is 7.20. The van der Waals surface area contributed by atoms with Gasteiger partial charge in [0.05, 0.1) is 0 Å². The molecule has 106 valence electrons. The van der Waals surface area contributed by atoms with E-state index in [1.807, 2.05) is 25.2 Å². The highest BCUT2D eigenvalue weighted by Gasteiger charge is 2.29. The zero-order valence-electron chi connectivity index (χ0n) is 11.7. The molecule has 0 spiro atoms. The molecule has 1 aromatic carbocycles. The Kier molecular flexibility index (Phi) is 3.47. The van der Waals surface area contributed by atoms with Gasteiger partial charge >= 0.3 is 0 Å². The van der Waals surface area contributed by atoms with Gasteiger partial charge < -0.3 is 9.64 Å². The number of amides is 1. The number of carbonyl (C=O) groups excluding carboxylic acids is 2. The van der Waals surface area contributed by atoms with Crippen molar-refractivity contribution < 1.29 is 14.3 Å². The standard InChI is InChI=1S/C16H19NO3/c1-17(11-8-9-11)16(19)10-20-15-7-3-4-12-13(15)5-2-6-14(12)18/h3-4,7,11H,2,5-6,8-10H2,1H3. The summed E-state index contributed by atoms with van der Waals surface area (Å²) in [6.07, 6.45) is 4.51. The van der Waals surface area contributed by atoms with Crippen molar-refractivity contribution in [1.29, 1.82) is 0 Å². The molecule has 0 aromatic heterocycles. The number of Topliss-reactive ketones (excluding diaryl/α,β-unsaturated/α-hetero) is 1. The van der Waals surface area contributed by atoms with E-state index >= 15 is 0 Å². The molecule has 0 atom stereocenters. The minimum absolute atomic E-state index is 0.00670. The van der Waals surface area contributed by atoms with Crippen LogP contribution in [0, 0.1) is 0 Å². The molecular formula is C16H19NO3. The normalized spacial score (nSPS) is 17.6. The molecule has 1 saturated carbocycles. The predicted molar refractivity (Wildman–Crippen MR) is 75.0 cm³/mol. The lowest BCUT2D eigenvalue weighted by Crippen LogP contribution is -2.33. The van der Waals surface area contributed by atoms with E-state index in [1.54, 1.807) is 4.90 Å². The van der Waals surface area contributed by atoms with Crippen molar-refractivity contribution in [2.45, 2.75) is 38.1 Å². The highest BCUT2D eigenvalue weighted by Crippen LogP contribution is 2.30. The molecule has 1 aromatic rings. The van der Waals surface area contributed by atoms with Crippen LogP contribution >= 0.6 is 0 Å². The number of fused-ring (bicyclic) bond motifs is 1. The Morgan fingerprint density at radius 1 is 1.35 bits per heavy atom. The molecule has 0 aliphatic heterocycles. The van der Waals surface area contributed by atoms with Crippen molar-refractivity contribution in [2.75, 3.05) is 13.7 Å². The average Bonchev–Trinajstić information content (AvgIpc) is 3.29. The van der Waals surface area contributed by atoms with E-state index in [0.717, 1.165) is 36.8 Å². The summed E-state index contributed by atoms with van der Waals surface area (Å²) in [5.74, 6) is 0.874. The molecule has 0 N–H and O–H groups in total. The molecule has 0 unspecified atom stereocenters. The van der Waals surface area contributed by atoms with Crippen LogP contribution in [0.15, 0.2) is 18.2 Å². The van der Waals surface area contributed by atoms with Crippen molar-refractivity contribution in [3.63, 3.8) is 0 Å². The van der Waals surface area contributed by atoms with Gasteiger partial charge in [0.25, 0.3) is 5.91 Å². The van der Waals surface area contributed by atoms with Gasteiger partial charge in [-0.25, -0.2) is 0 Å². The molecule has 0 saturated heterocycles. The van der Waals surface area contributed by atoms with Gasteiger partial charge in [0.15, 0.2) is 12.4 Å². The van der Waals surface area contributed by atoms with E-state index in [0.29, 0.717) is 18.2 Å². The number of carbonyl (C=O) groups is 2. The highest BCUT2D eigenvalue weighted by molar-refractivity contribution is 5.99. The molecule has 1 amide bonds. The zero-order valence-corrected chi connectivity index (χ0v) is 11.7. The lowest BCUT2D eigenvalue weighted by atomic mass is 9.90. The Morgan fingerprint density at radius 3 is 2.90 bits per heavy atom. The van der Waals surface area contributed by atoms with Gasteiger partial charge in [-0.3, -0.25) is 9.59 Å². The van der Waals surface area contributed by atoms with Crippen molar-refractivity contribution >= 4 is 11.7 Å². The second kappa shape index (κ2) is 5.27. The van der Waals surface area contributed by atoms with E-state index in [9.17, 15) is 9.59 Å². The number of ketones is 1. The molecule has 3 rings (SSSR count). The van der Waals surface area contributed by atoms with Crippen LogP contribution in [0.4, 0.5) is 0 Å². The smallest absolute Gasteiger partial charge is 0.260 e. The SMILES string of the molecule is CN(C(=O)COc1cccc2c1CCCC2=O)C1CC1. The Labute approximate surface area is 118 Å². The summed E-state index contributed by atoms with van der Waals surface area (Å²) in [7, 11) is 1.83. The quantitative estimate of drug-likeness (QED) is 0.845. The molecule has 4 nitrogen and oxygen atoms in total. The Bertz CT molecular complexity index is 549. The van der Waals surface area contributed by atoms with Gasteiger partial charge in [0.1, 0.15) is 5.75 Å². The van der Waals surface area contributed by atoms with E-state index in [2.05, 4.69) is 0 Å². The number of benzene rings is 1. The fourth-order valence-corrected chi connectivity index (χ4v) is 2.69. The lowest BCUT2D eigenvalue weighted by Gasteiger charge is -2.20. The summed E-state index contributed by atoms with van der Waals surface area (Å²) < 4.78 is 5.67. The van der Waals surface area contributed by atoms with E-state index in [1.165, 1.54) is 0 Å². The minimum atomic E-state index is 0.00670. The van der Waals surface area contributed by atoms with Crippen molar-refractivity contribution in [3.8, 4) is 5.75 Å². The first-order chi connectivity index (χ1) is 9.66. The maximum atomic E-state index is 12.0. The fourth-order valence-electron chi connectivity index (χ4n) is 2.69. The van der Waals surface area contributed by atoms with Crippen LogP contribution in [0.3, 0.4) is 0 Å². The number of likely N-dealkylation sites (N-methyl/N-ethyl adjacent to an activating group) is 1. The monoisotopic (exact) mass is 273 g/mol. The first-order valence-electron chi connectivity index (χ1n) is 7.20. The maximum Gasteiger partial charge on any atom is 0.260 e. The zero-order chi connectivity index (χ0) is 14.1. The van der Waals surface area contributed by atoms with E-state index < -0.39 is 0 Å². The Hall–Kier alpha value is -1.84. The third-order valence-electron chi connectivity index (χ3n) is 4.10. The third kappa shape index (κ3) is 2.55. The second-order valence-electron chi connectivity index (χ2n) is 5.58. The summed E-state index contributed by atoms with van der Waals surface area (Å²) in [5.41, 5.74) is 1.72. The highest BCUT2D eigenvalue weighted by atomic mass is 16.5. The minimum Gasteiger partial charge on any atom is -0.483 e. The summed E-state index contributed by atoms with van der Waals surface area (Å²) in [5, 5.41) is 0. The van der Waals surface area contributed by atoms with Gasteiger partial charge in [-0.15, -0.1) is 0 Å². The average molecular weight is 273 g/mol. The van der Waals surface area contributed by atoms with Crippen LogP contribution in [-0.2, 0) is 11.2 Å². The van der Waals surface area contributed by atoms with Gasteiger partial charge in [-0.05, 0) is 31.7 Å². The molecule has 0 bridgehead atoms. The van der Waals surface area contributed by atoms with Crippen molar-refractivity contribution in [3.05, 3.63) is 29.3 Å². The Balaban J connectivity index is 1.70. The summed E-state index contributed by atoms with van der Waals surface area (Å²) in [6, 6.07) is 5.92. The molecule has 2 aliphatic carbocycles. The van der Waals surface area contributed by atoms with Crippen LogP contribution in [0.25, 0.3) is 0 Å². The van der Waals surface area contributed by atoms with Gasteiger partial charge in [0, 0.05) is 30.6 Å². The number of rotatable bonds is 4. The number of hydrogen-bond donors (Lipinski definition) is 0. The van der Waals surface area contributed by atoms with Gasteiger partial charge in [0.2, 0.25) is 0 Å². The summed E-state index contributed by atoms with van der Waals surface area (Å²) in [6.45, 7) is 0.0532. The van der Waals surface area contributed by atoms with Crippen LogP contribution in [0.2, 0.25) is 0 Å². The summed E-state index contributed by atoms with van der Waals surface area (Å²) >= 11 is 0. The van der Waals surface area contributed by atoms with Crippen LogP contribution in [0.1, 0.15) is 41.6 Å². The Morgan fingerprint density at radius 2 is 2.15 bits per heavy atom. The predicted octanol–water partition coefficient (Wildman–Crippen LogP) is 2.21. The first kappa shape index (κ1) is 13.2. The van der Waals surface area contributed by atoms with Gasteiger partial charge in [-0.1, -0.05) is 12.1 Å². The topological polar surface area (TPSA) is 46.6 Å².